The van der Waals surface area contributed by atoms with Crippen LogP contribution in [0.5, 0.6) is 5.75 Å². The molecule has 3 amide bonds. The molecule has 0 aliphatic carbocycles. The highest BCUT2D eigenvalue weighted by atomic mass is 35.5. The second kappa shape index (κ2) is 9.46. The molecule has 2 aliphatic heterocycles. The summed E-state index contributed by atoms with van der Waals surface area (Å²) in [4.78, 5) is 38.4. The molecule has 2 heterocycles. The number of carbonyl (C=O) groups excluding carboxylic acids is 3. The van der Waals surface area contributed by atoms with E-state index in [1.54, 1.807) is 48.5 Å². The number of hydrogen-bond acceptors (Lipinski definition) is 6. The van der Waals surface area contributed by atoms with E-state index in [4.69, 9.17) is 16.3 Å². The van der Waals surface area contributed by atoms with Gasteiger partial charge in [-0.3, -0.25) is 19.7 Å². The fourth-order valence-corrected chi connectivity index (χ4v) is 4.17. The summed E-state index contributed by atoms with van der Waals surface area (Å²) in [6.07, 6.45) is -1.45. The molecule has 32 heavy (non-hydrogen) atoms. The van der Waals surface area contributed by atoms with E-state index in [0.717, 1.165) is 0 Å². The summed E-state index contributed by atoms with van der Waals surface area (Å²) in [5.41, 5.74) is 1.18. The molecule has 5 N–H and O–H groups in total. The van der Waals surface area contributed by atoms with Crippen molar-refractivity contribution >= 4 is 40.7 Å². The molecule has 2 fully saturated rings. The first-order valence-electron chi connectivity index (χ1n) is 10.3. The van der Waals surface area contributed by atoms with Gasteiger partial charge in [-0.25, -0.2) is 0 Å². The zero-order valence-corrected chi connectivity index (χ0v) is 18.1. The van der Waals surface area contributed by atoms with E-state index in [1.165, 1.54) is 0 Å². The number of carbonyl (C=O) groups is 3. The molecule has 0 radical (unpaired) electrons. The highest BCUT2D eigenvalue weighted by Crippen LogP contribution is 2.30. The summed E-state index contributed by atoms with van der Waals surface area (Å²) >= 11 is 6.01. The van der Waals surface area contributed by atoms with Crippen LogP contribution in [0.25, 0.3) is 0 Å². The Labute approximate surface area is 190 Å². The van der Waals surface area contributed by atoms with Gasteiger partial charge in [0.1, 0.15) is 5.75 Å². The highest BCUT2D eigenvalue weighted by Gasteiger charge is 2.48. The maximum Gasteiger partial charge on any atom is 0.229 e. The molecule has 2 aromatic carbocycles. The number of anilines is 2. The van der Waals surface area contributed by atoms with E-state index in [-0.39, 0.29) is 18.2 Å². The molecular formula is C22H24ClN5O4. The Morgan fingerprint density at radius 3 is 2.75 bits per heavy atom. The Morgan fingerprint density at radius 2 is 1.97 bits per heavy atom. The first-order chi connectivity index (χ1) is 15.4. The molecule has 0 spiro atoms. The molecule has 2 aromatic rings. The number of fused-ring (bicyclic) bond motifs is 1. The second-order valence-corrected chi connectivity index (χ2v) is 8.00. The molecule has 4 rings (SSSR count). The number of ether oxygens (including phenoxy) is 1. The lowest BCUT2D eigenvalue weighted by Gasteiger charge is -2.43. The molecular weight excluding hydrogens is 434 g/mol. The Kier molecular flexibility index (Phi) is 6.48. The van der Waals surface area contributed by atoms with Crippen LogP contribution in [-0.4, -0.2) is 36.8 Å². The van der Waals surface area contributed by atoms with Gasteiger partial charge >= 0.3 is 0 Å². The van der Waals surface area contributed by atoms with E-state index in [9.17, 15) is 14.4 Å². The smallest absolute Gasteiger partial charge is 0.229 e. The lowest BCUT2D eigenvalue weighted by Crippen LogP contribution is -2.72. The quantitative estimate of drug-likeness (QED) is 0.451. The average Bonchev–Trinajstić information content (AvgIpc) is 2.74. The van der Waals surface area contributed by atoms with Crippen molar-refractivity contribution in [3.8, 4) is 5.75 Å². The van der Waals surface area contributed by atoms with Gasteiger partial charge in [-0.1, -0.05) is 29.8 Å². The third-order valence-corrected chi connectivity index (χ3v) is 5.60. The van der Waals surface area contributed by atoms with Gasteiger partial charge in [0, 0.05) is 17.1 Å². The van der Waals surface area contributed by atoms with Crippen molar-refractivity contribution in [1.82, 2.24) is 16.0 Å². The van der Waals surface area contributed by atoms with Crippen molar-refractivity contribution in [1.29, 1.82) is 0 Å². The van der Waals surface area contributed by atoms with Crippen LogP contribution in [-0.2, 0) is 14.4 Å². The number of para-hydroxylation sites is 2. The van der Waals surface area contributed by atoms with Gasteiger partial charge in [-0.2, -0.15) is 0 Å². The van der Waals surface area contributed by atoms with Crippen LogP contribution in [0.15, 0.2) is 48.5 Å². The van der Waals surface area contributed by atoms with Gasteiger partial charge in [-0.05, 0) is 37.3 Å². The molecule has 2 aliphatic rings. The van der Waals surface area contributed by atoms with Gasteiger partial charge in [0.25, 0.3) is 0 Å². The van der Waals surface area contributed by atoms with Gasteiger partial charge in [-0.15, -0.1) is 0 Å². The van der Waals surface area contributed by atoms with Crippen LogP contribution >= 0.6 is 11.6 Å². The van der Waals surface area contributed by atoms with E-state index in [2.05, 4.69) is 26.6 Å². The SMILES string of the molecule is CCOc1ccccc1NC(=O)C1CC(=O)NC2NC(Nc3cccc(Cl)c3)NC(=O)C21. The number of hydrogen-bond donors (Lipinski definition) is 5. The van der Waals surface area contributed by atoms with Crippen LogP contribution in [0.4, 0.5) is 11.4 Å². The summed E-state index contributed by atoms with van der Waals surface area (Å²) in [6.45, 7) is 2.29. The predicted octanol–water partition coefficient (Wildman–Crippen LogP) is 1.87. The third kappa shape index (κ3) is 4.79. The van der Waals surface area contributed by atoms with Crippen molar-refractivity contribution in [2.45, 2.75) is 25.8 Å². The Hall–Kier alpha value is -3.30. The van der Waals surface area contributed by atoms with Gasteiger partial charge in [0.05, 0.1) is 30.3 Å². The third-order valence-electron chi connectivity index (χ3n) is 5.37. The maximum atomic E-state index is 13.1. The fourth-order valence-electron chi connectivity index (χ4n) is 3.98. The van der Waals surface area contributed by atoms with Gasteiger partial charge < -0.3 is 26.0 Å². The summed E-state index contributed by atoms with van der Waals surface area (Å²) in [7, 11) is 0. The zero-order valence-electron chi connectivity index (χ0n) is 17.4. The van der Waals surface area contributed by atoms with Gasteiger partial charge in [0.15, 0.2) is 6.29 Å². The van der Waals surface area contributed by atoms with E-state index < -0.39 is 30.2 Å². The second-order valence-electron chi connectivity index (χ2n) is 7.56. The summed E-state index contributed by atoms with van der Waals surface area (Å²) in [5, 5.41) is 15.2. The number of benzene rings is 2. The topological polar surface area (TPSA) is 121 Å². The van der Waals surface area contributed by atoms with Crippen molar-refractivity contribution in [3.63, 3.8) is 0 Å². The lowest BCUT2D eigenvalue weighted by molar-refractivity contribution is -0.144. The first kappa shape index (κ1) is 21.9. The van der Waals surface area contributed by atoms with Gasteiger partial charge in [0.2, 0.25) is 17.7 Å². The fraction of sp³-hybridized carbons (Fsp3) is 0.318. The summed E-state index contributed by atoms with van der Waals surface area (Å²) in [5.74, 6) is -2.16. The molecule has 0 bridgehead atoms. The Balaban J connectivity index is 1.49. The molecule has 0 saturated carbocycles. The average molecular weight is 458 g/mol. The van der Waals surface area contributed by atoms with Crippen LogP contribution in [0.1, 0.15) is 13.3 Å². The predicted molar refractivity (Wildman–Crippen MR) is 120 cm³/mol. The number of halogens is 1. The summed E-state index contributed by atoms with van der Waals surface area (Å²) < 4.78 is 5.55. The largest absolute Gasteiger partial charge is 0.492 e. The van der Waals surface area contributed by atoms with E-state index in [1.807, 2.05) is 6.92 Å². The monoisotopic (exact) mass is 457 g/mol. The molecule has 9 nitrogen and oxygen atoms in total. The molecule has 10 heteroatoms. The van der Waals surface area contributed by atoms with Crippen LogP contribution < -0.4 is 31.3 Å². The van der Waals surface area contributed by atoms with E-state index >= 15 is 0 Å². The zero-order chi connectivity index (χ0) is 22.7. The molecule has 2 saturated heterocycles. The minimum atomic E-state index is -0.844. The van der Waals surface area contributed by atoms with Crippen molar-refractivity contribution in [2.75, 3.05) is 17.2 Å². The van der Waals surface area contributed by atoms with Crippen LogP contribution in [0.2, 0.25) is 5.02 Å². The minimum Gasteiger partial charge on any atom is -0.492 e. The van der Waals surface area contributed by atoms with Crippen molar-refractivity contribution in [3.05, 3.63) is 53.6 Å². The van der Waals surface area contributed by atoms with Crippen molar-refractivity contribution < 1.29 is 19.1 Å². The number of rotatable bonds is 6. The Bertz CT molecular complexity index is 1030. The summed E-state index contributed by atoms with van der Waals surface area (Å²) in [6, 6.07) is 14.1. The maximum absolute atomic E-state index is 13.1. The molecule has 168 valence electrons. The lowest BCUT2D eigenvalue weighted by atomic mass is 9.81. The highest BCUT2D eigenvalue weighted by molar-refractivity contribution is 6.30. The number of piperidine rings is 1. The molecule has 4 unspecified atom stereocenters. The first-order valence-corrected chi connectivity index (χ1v) is 10.7. The molecule has 0 aromatic heterocycles. The van der Waals surface area contributed by atoms with Crippen LogP contribution in [0, 0.1) is 11.8 Å². The molecule has 4 atom stereocenters. The van der Waals surface area contributed by atoms with Crippen molar-refractivity contribution in [2.24, 2.45) is 11.8 Å². The minimum absolute atomic E-state index is 0.0920. The standard InChI is InChI=1S/C22H24ClN5O4/c1-2-32-16-9-4-3-8-15(16)25-20(30)14-11-17(29)26-19-18(14)21(31)28-22(27-19)24-13-7-5-6-12(23)10-13/h3-10,14,18-19,22,24,27H,2,11H2,1H3,(H,25,30)(H,26,29)(H,28,31). The number of amides is 3. The normalized spacial score (nSPS) is 24.6. The Morgan fingerprint density at radius 1 is 1.16 bits per heavy atom. The number of nitrogens with one attached hydrogen (secondary N) is 5. The van der Waals surface area contributed by atoms with E-state index in [0.29, 0.717) is 28.8 Å². The van der Waals surface area contributed by atoms with Crippen LogP contribution in [0.3, 0.4) is 0 Å².